The van der Waals surface area contributed by atoms with Crippen molar-refractivity contribution in [2.45, 2.75) is 25.3 Å². The number of carbonyl (C=O) groups excluding carboxylic acids is 1. The fourth-order valence-electron chi connectivity index (χ4n) is 3.89. The highest BCUT2D eigenvalue weighted by Gasteiger charge is 2.48. The number of piperidine rings is 1. The van der Waals surface area contributed by atoms with Gasteiger partial charge in [0.2, 0.25) is 10.0 Å². The van der Waals surface area contributed by atoms with E-state index in [1.807, 2.05) is 0 Å². The van der Waals surface area contributed by atoms with Gasteiger partial charge in [-0.2, -0.15) is 4.31 Å². The van der Waals surface area contributed by atoms with E-state index in [1.165, 1.54) is 18.7 Å². The molecule has 1 atom stereocenters. The van der Waals surface area contributed by atoms with Gasteiger partial charge in [-0.1, -0.05) is 5.16 Å². The van der Waals surface area contributed by atoms with Crippen molar-refractivity contribution >= 4 is 15.9 Å². The lowest BCUT2D eigenvalue weighted by Crippen LogP contribution is -2.44. The van der Waals surface area contributed by atoms with Crippen molar-refractivity contribution in [3.8, 4) is 0 Å². The summed E-state index contributed by atoms with van der Waals surface area (Å²) in [6.45, 7) is 2.13. The number of amides is 1. The zero-order valence-electron chi connectivity index (χ0n) is 14.0. The lowest BCUT2D eigenvalue weighted by Gasteiger charge is -2.39. The highest BCUT2D eigenvalue weighted by molar-refractivity contribution is 7.88. The molecule has 2 aliphatic rings. The molecule has 3 rings (SSSR count). The first-order valence-electron chi connectivity index (χ1n) is 7.99. The summed E-state index contributed by atoms with van der Waals surface area (Å²) in [5, 5.41) is 3.57. The van der Waals surface area contributed by atoms with Gasteiger partial charge < -0.3 is 14.2 Å². The Hall–Kier alpha value is -1.45. The predicted octanol–water partition coefficient (Wildman–Crippen LogP) is 0.577. The van der Waals surface area contributed by atoms with Crippen LogP contribution in [0.4, 0.5) is 0 Å². The smallest absolute Gasteiger partial charge is 0.258 e. The summed E-state index contributed by atoms with van der Waals surface area (Å²) in [7, 11) is -1.67. The van der Waals surface area contributed by atoms with Crippen molar-refractivity contribution in [1.82, 2.24) is 14.4 Å². The lowest BCUT2D eigenvalue weighted by atomic mass is 9.76. The Bertz CT molecular complexity index is 680. The molecular weight excluding hydrogens is 334 g/mol. The maximum atomic E-state index is 12.4. The van der Waals surface area contributed by atoms with E-state index >= 15 is 0 Å². The monoisotopic (exact) mass is 357 g/mol. The molecule has 1 spiro atoms. The van der Waals surface area contributed by atoms with Gasteiger partial charge in [-0.3, -0.25) is 4.79 Å². The largest absolute Gasteiger partial charge is 0.383 e. The third kappa shape index (κ3) is 3.33. The number of nitrogens with zero attached hydrogens (tertiary/aromatic N) is 3. The highest BCUT2D eigenvalue weighted by Crippen LogP contribution is 2.44. The topological polar surface area (TPSA) is 92.9 Å². The number of rotatable bonds is 4. The zero-order valence-corrected chi connectivity index (χ0v) is 14.8. The van der Waals surface area contributed by atoms with Gasteiger partial charge in [0.25, 0.3) is 5.91 Å². The normalized spacial score (nSPS) is 24.6. The molecule has 134 valence electrons. The number of hydrogen-bond acceptors (Lipinski definition) is 6. The minimum Gasteiger partial charge on any atom is -0.383 e. The summed E-state index contributed by atoms with van der Waals surface area (Å²) in [5.41, 5.74) is 0.380. The number of hydrogen-bond donors (Lipinski definition) is 0. The van der Waals surface area contributed by atoms with Crippen LogP contribution in [0, 0.1) is 5.41 Å². The van der Waals surface area contributed by atoms with Gasteiger partial charge in [-0.05, 0) is 24.7 Å². The maximum Gasteiger partial charge on any atom is 0.258 e. The quantitative estimate of drug-likeness (QED) is 0.782. The minimum atomic E-state index is -3.26. The van der Waals surface area contributed by atoms with E-state index < -0.39 is 10.0 Å². The van der Waals surface area contributed by atoms with Crippen LogP contribution in [0.15, 0.2) is 17.0 Å². The lowest BCUT2D eigenvalue weighted by molar-refractivity contribution is 0.0594. The van der Waals surface area contributed by atoms with Crippen molar-refractivity contribution in [2.75, 3.05) is 39.6 Å². The molecule has 24 heavy (non-hydrogen) atoms. The molecular formula is C15H23N3O5S. The van der Waals surface area contributed by atoms with Crippen LogP contribution in [-0.2, 0) is 14.8 Å². The van der Waals surface area contributed by atoms with Gasteiger partial charge in [0.15, 0.2) is 0 Å². The van der Waals surface area contributed by atoms with Crippen LogP contribution in [0.5, 0.6) is 0 Å². The Morgan fingerprint density at radius 3 is 2.71 bits per heavy atom. The van der Waals surface area contributed by atoms with Gasteiger partial charge in [-0.15, -0.1) is 0 Å². The molecule has 2 saturated heterocycles. The fourth-order valence-corrected chi connectivity index (χ4v) is 5.07. The van der Waals surface area contributed by atoms with Crippen LogP contribution >= 0.6 is 0 Å². The van der Waals surface area contributed by atoms with Gasteiger partial charge in [0.05, 0.1) is 24.6 Å². The average Bonchev–Trinajstić information content (AvgIpc) is 3.16. The van der Waals surface area contributed by atoms with E-state index in [4.69, 9.17) is 9.26 Å². The minimum absolute atomic E-state index is 0.0717. The van der Waals surface area contributed by atoms with Crippen LogP contribution < -0.4 is 0 Å². The maximum absolute atomic E-state index is 12.4. The van der Waals surface area contributed by atoms with Gasteiger partial charge in [0, 0.05) is 32.8 Å². The number of ether oxygens (including phenoxy) is 1. The molecule has 0 unspecified atom stereocenters. The Balaban J connectivity index is 1.68. The molecule has 2 aliphatic heterocycles. The molecule has 9 heteroatoms. The fraction of sp³-hybridized carbons (Fsp3) is 0.733. The molecule has 2 fully saturated rings. The number of carbonyl (C=O) groups is 1. The van der Waals surface area contributed by atoms with E-state index in [9.17, 15) is 13.2 Å². The Morgan fingerprint density at radius 2 is 2.17 bits per heavy atom. The number of methoxy groups -OCH3 is 1. The SMILES string of the molecule is COC[C@@H]1CC2(CCN(C(=O)c3cnoc3)CC2)CN1S(C)(=O)=O. The first kappa shape index (κ1) is 17.4. The molecule has 0 radical (unpaired) electrons. The summed E-state index contributed by atoms with van der Waals surface area (Å²) < 4.78 is 35.6. The van der Waals surface area contributed by atoms with Gasteiger partial charge in [-0.25, -0.2) is 8.42 Å². The van der Waals surface area contributed by atoms with Crippen LogP contribution in [0.2, 0.25) is 0 Å². The predicted molar refractivity (Wildman–Crippen MR) is 85.9 cm³/mol. The molecule has 0 bridgehead atoms. The van der Waals surface area contributed by atoms with Crippen molar-refractivity contribution in [1.29, 1.82) is 0 Å². The summed E-state index contributed by atoms with van der Waals surface area (Å²) in [4.78, 5) is 14.1. The van der Waals surface area contributed by atoms with Crippen molar-refractivity contribution < 1.29 is 22.5 Å². The van der Waals surface area contributed by atoms with Crippen LogP contribution in [0.25, 0.3) is 0 Å². The van der Waals surface area contributed by atoms with Crippen LogP contribution in [0.3, 0.4) is 0 Å². The molecule has 0 N–H and O–H groups in total. The third-order valence-corrected chi connectivity index (χ3v) is 6.42. The number of aromatic nitrogens is 1. The van der Waals surface area contributed by atoms with Crippen LogP contribution in [-0.4, -0.2) is 74.3 Å². The van der Waals surface area contributed by atoms with Gasteiger partial charge in [0.1, 0.15) is 6.26 Å². The first-order chi connectivity index (χ1) is 11.3. The summed E-state index contributed by atoms with van der Waals surface area (Å²) >= 11 is 0. The van der Waals surface area contributed by atoms with Crippen molar-refractivity contribution in [3.05, 3.63) is 18.0 Å². The summed E-state index contributed by atoms with van der Waals surface area (Å²) in [6.07, 6.45) is 6.37. The van der Waals surface area contributed by atoms with Crippen LogP contribution in [0.1, 0.15) is 29.6 Å². The number of likely N-dealkylation sites (tertiary alicyclic amines) is 1. The van der Waals surface area contributed by atoms with E-state index in [2.05, 4.69) is 5.16 Å². The molecule has 8 nitrogen and oxygen atoms in total. The zero-order chi connectivity index (χ0) is 17.4. The highest BCUT2D eigenvalue weighted by atomic mass is 32.2. The first-order valence-corrected chi connectivity index (χ1v) is 9.84. The van der Waals surface area contributed by atoms with E-state index in [0.29, 0.717) is 31.8 Å². The Labute approximate surface area is 141 Å². The van der Waals surface area contributed by atoms with Crippen molar-refractivity contribution in [2.24, 2.45) is 5.41 Å². The Kier molecular flexibility index (Phi) is 4.67. The molecule has 0 aliphatic carbocycles. The summed E-state index contributed by atoms with van der Waals surface area (Å²) in [5.74, 6) is -0.0856. The molecule has 3 heterocycles. The molecule has 1 aromatic heterocycles. The van der Waals surface area contributed by atoms with Gasteiger partial charge >= 0.3 is 0 Å². The number of sulfonamides is 1. The van der Waals surface area contributed by atoms with E-state index in [0.717, 1.165) is 19.3 Å². The third-order valence-electron chi connectivity index (χ3n) is 5.14. The second kappa shape index (κ2) is 6.45. The molecule has 1 aromatic rings. The van der Waals surface area contributed by atoms with Crippen molar-refractivity contribution in [3.63, 3.8) is 0 Å². The second-order valence-corrected chi connectivity index (χ2v) is 8.76. The summed E-state index contributed by atoms with van der Waals surface area (Å²) in [6, 6.07) is -0.120. The molecule has 1 amide bonds. The molecule has 0 aromatic carbocycles. The standard InChI is InChI=1S/C15H23N3O5S/c1-22-10-13-7-15(11-18(13)24(2,20)21)3-5-17(6-4-15)14(19)12-8-16-23-9-12/h8-9,13H,3-7,10-11H2,1-2H3/t13-/m0/s1. The van der Waals surface area contributed by atoms with E-state index in [-0.39, 0.29) is 17.4 Å². The Morgan fingerprint density at radius 1 is 1.46 bits per heavy atom. The molecule has 0 saturated carbocycles. The second-order valence-electron chi connectivity index (χ2n) is 6.83. The average molecular weight is 357 g/mol. The van der Waals surface area contributed by atoms with E-state index in [1.54, 1.807) is 16.3 Å².